The van der Waals surface area contributed by atoms with E-state index in [1.807, 2.05) is 36.4 Å². The van der Waals surface area contributed by atoms with Crippen LogP contribution < -0.4 is 0 Å². The Morgan fingerprint density at radius 3 is 2.25 bits per heavy atom. The summed E-state index contributed by atoms with van der Waals surface area (Å²) in [7, 11) is 0. The maximum absolute atomic E-state index is 10.3. The second-order valence-electron chi connectivity index (χ2n) is 5.52. The van der Waals surface area contributed by atoms with Crippen molar-refractivity contribution in [2.75, 3.05) is 0 Å². The molecule has 0 unspecified atom stereocenters. The van der Waals surface area contributed by atoms with Crippen molar-refractivity contribution in [3.63, 3.8) is 0 Å². The van der Waals surface area contributed by atoms with Crippen molar-refractivity contribution in [1.29, 1.82) is 0 Å². The van der Waals surface area contributed by atoms with E-state index < -0.39 is 6.10 Å². The van der Waals surface area contributed by atoms with E-state index in [0.29, 0.717) is 0 Å². The Bertz CT molecular complexity index is 321. The largest absolute Gasteiger partial charge is 0.388 e. The van der Waals surface area contributed by atoms with E-state index in [-0.39, 0.29) is 11.3 Å². The molecule has 1 aromatic carbocycles. The van der Waals surface area contributed by atoms with Crippen molar-refractivity contribution in [3.8, 4) is 0 Å². The van der Waals surface area contributed by atoms with Gasteiger partial charge in [-0.2, -0.15) is 0 Å². The summed E-state index contributed by atoms with van der Waals surface area (Å²) in [5.74, 6) is 0.113. The summed E-state index contributed by atoms with van der Waals surface area (Å²) in [5, 5.41) is 10.3. The zero-order valence-corrected chi connectivity index (χ0v) is 10.5. The van der Waals surface area contributed by atoms with Crippen LogP contribution in [-0.2, 0) is 0 Å². The molecule has 0 bridgehead atoms. The zero-order valence-electron chi connectivity index (χ0n) is 10.5. The van der Waals surface area contributed by atoms with Crippen molar-refractivity contribution in [3.05, 3.63) is 48.6 Å². The third kappa shape index (κ3) is 3.82. The van der Waals surface area contributed by atoms with Crippen molar-refractivity contribution in [1.82, 2.24) is 0 Å². The van der Waals surface area contributed by atoms with Gasteiger partial charge in [-0.25, -0.2) is 0 Å². The van der Waals surface area contributed by atoms with Gasteiger partial charge in [0.2, 0.25) is 0 Å². The number of hydrogen-bond donors (Lipinski definition) is 1. The van der Waals surface area contributed by atoms with Gasteiger partial charge in [-0.05, 0) is 17.4 Å². The topological polar surface area (TPSA) is 20.2 Å². The molecular formula is C15H22O. The molecule has 1 N–H and O–H groups in total. The van der Waals surface area contributed by atoms with Gasteiger partial charge in [0.15, 0.2) is 0 Å². The molecule has 88 valence electrons. The third-order valence-electron chi connectivity index (χ3n) is 2.70. The Morgan fingerprint density at radius 1 is 1.25 bits per heavy atom. The summed E-state index contributed by atoms with van der Waals surface area (Å²) in [6.45, 7) is 10.4. The van der Waals surface area contributed by atoms with Gasteiger partial charge in [0, 0.05) is 5.92 Å². The molecule has 16 heavy (non-hydrogen) atoms. The highest BCUT2D eigenvalue weighted by Crippen LogP contribution is 2.33. The first-order valence-electron chi connectivity index (χ1n) is 5.79. The molecular weight excluding hydrogens is 196 g/mol. The lowest BCUT2D eigenvalue weighted by Crippen LogP contribution is -2.18. The van der Waals surface area contributed by atoms with Crippen LogP contribution in [0.4, 0.5) is 0 Å². The monoisotopic (exact) mass is 218 g/mol. The molecule has 0 aliphatic heterocycles. The first-order chi connectivity index (χ1) is 7.44. The normalized spacial score (nSPS) is 15.5. The molecule has 0 aromatic heterocycles. The summed E-state index contributed by atoms with van der Waals surface area (Å²) in [6, 6.07) is 9.79. The predicted octanol–water partition coefficient (Wildman–Crippen LogP) is 3.96. The van der Waals surface area contributed by atoms with E-state index in [1.54, 1.807) is 0 Å². The Hall–Kier alpha value is -1.08. The van der Waals surface area contributed by atoms with E-state index in [2.05, 4.69) is 27.4 Å². The molecule has 0 spiro atoms. The van der Waals surface area contributed by atoms with Gasteiger partial charge in [0.05, 0.1) is 6.10 Å². The lowest BCUT2D eigenvalue weighted by molar-refractivity contribution is 0.106. The van der Waals surface area contributed by atoms with Crippen LogP contribution in [0.25, 0.3) is 0 Å². The molecule has 0 amide bonds. The number of aliphatic hydroxyl groups excluding tert-OH is 1. The highest BCUT2D eigenvalue weighted by molar-refractivity contribution is 5.19. The van der Waals surface area contributed by atoms with Crippen LogP contribution in [0.1, 0.15) is 38.9 Å². The second kappa shape index (κ2) is 5.31. The van der Waals surface area contributed by atoms with E-state index in [9.17, 15) is 5.11 Å². The molecule has 1 heteroatoms. The molecule has 1 aromatic rings. The Labute approximate surface area is 98.8 Å². The number of benzene rings is 1. The van der Waals surface area contributed by atoms with Gasteiger partial charge in [-0.15, -0.1) is 6.58 Å². The quantitative estimate of drug-likeness (QED) is 0.758. The summed E-state index contributed by atoms with van der Waals surface area (Å²) in [5.41, 5.74) is 1.17. The second-order valence-corrected chi connectivity index (χ2v) is 5.52. The lowest BCUT2D eigenvalue weighted by atomic mass is 9.80. The van der Waals surface area contributed by atoms with Gasteiger partial charge >= 0.3 is 0 Å². The minimum Gasteiger partial charge on any atom is -0.388 e. The Balaban J connectivity index is 2.78. The average molecular weight is 218 g/mol. The fourth-order valence-corrected chi connectivity index (χ4v) is 1.93. The molecule has 1 rings (SSSR count). The van der Waals surface area contributed by atoms with Crippen LogP contribution in [0.2, 0.25) is 0 Å². The smallest absolute Gasteiger partial charge is 0.0852 e. The van der Waals surface area contributed by atoms with Gasteiger partial charge in [0.1, 0.15) is 0 Å². The van der Waals surface area contributed by atoms with Crippen LogP contribution in [-0.4, -0.2) is 5.11 Å². The SMILES string of the molecule is C=C[C@@H](CC(C)(C)C)[C@@H](O)c1ccccc1. The van der Waals surface area contributed by atoms with Gasteiger partial charge in [0.25, 0.3) is 0 Å². The first-order valence-corrected chi connectivity index (χ1v) is 5.79. The van der Waals surface area contributed by atoms with Gasteiger partial charge in [-0.3, -0.25) is 0 Å². The maximum atomic E-state index is 10.3. The maximum Gasteiger partial charge on any atom is 0.0852 e. The molecule has 0 heterocycles. The number of rotatable bonds is 4. The van der Waals surface area contributed by atoms with Crippen LogP contribution in [0.15, 0.2) is 43.0 Å². The minimum absolute atomic E-state index is 0.113. The zero-order chi connectivity index (χ0) is 12.2. The average Bonchev–Trinajstić information content (AvgIpc) is 2.25. The van der Waals surface area contributed by atoms with Crippen molar-refractivity contribution < 1.29 is 5.11 Å². The summed E-state index contributed by atoms with van der Waals surface area (Å²) in [4.78, 5) is 0. The molecule has 0 radical (unpaired) electrons. The fourth-order valence-electron chi connectivity index (χ4n) is 1.93. The molecule has 0 fully saturated rings. The number of aliphatic hydroxyl groups is 1. The number of hydrogen-bond acceptors (Lipinski definition) is 1. The molecule has 0 aliphatic rings. The molecule has 0 aliphatic carbocycles. The lowest BCUT2D eigenvalue weighted by Gasteiger charge is -2.27. The van der Waals surface area contributed by atoms with Crippen LogP contribution in [0, 0.1) is 11.3 Å². The molecule has 0 saturated carbocycles. The minimum atomic E-state index is -0.446. The fraction of sp³-hybridized carbons (Fsp3) is 0.467. The predicted molar refractivity (Wildman–Crippen MR) is 69.2 cm³/mol. The molecule has 0 saturated heterocycles. The van der Waals surface area contributed by atoms with Crippen LogP contribution in [0.5, 0.6) is 0 Å². The summed E-state index contributed by atoms with van der Waals surface area (Å²) in [6.07, 6.45) is 2.35. The van der Waals surface area contributed by atoms with Gasteiger partial charge < -0.3 is 5.11 Å². The Kier molecular flexibility index (Phi) is 4.31. The molecule has 2 atom stereocenters. The summed E-state index contributed by atoms with van der Waals surface area (Å²) >= 11 is 0. The van der Waals surface area contributed by atoms with E-state index in [4.69, 9.17) is 0 Å². The standard InChI is InChI=1S/C15H22O/c1-5-12(11-15(2,3)4)14(16)13-9-7-6-8-10-13/h5-10,12,14,16H,1,11H2,2-4H3/t12-,14+/m0/s1. The molecule has 1 nitrogen and oxygen atoms in total. The summed E-state index contributed by atoms with van der Waals surface area (Å²) < 4.78 is 0. The van der Waals surface area contributed by atoms with Crippen molar-refractivity contribution >= 4 is 0 Å². The van der Waals surface area contributed by atoms with E-state index in [0.717, 1.165) is 12.0 Å². The highest BCUT2D eigenvalue weighted by atomic mass is 16.3. The Morgan fingerprint density at radius 2 is 1.81 bits per heavy atom. The van der Waals surface area contributed by atoms with Crippen molar-refractivity contribution in [2.24, 2.45) is 11.3 Å². The highest BCUT2D eigenvalue weighted by Gasteiger charge is 2.23. The van der Waals surface area contributed by atoms with Crippen LogP contribution >= 0.6 is 0 Å². The third-order valence-corrected chi connectivity index (χ3v) is 2.70. The van der Waals surface area contributed by atoms with Gasteiger partial charge in [-0.1, -0.05) is 57.2 Å². The first kappa shape index (κ1) is 13.0. The van der Waals surface area contributed by atoms with E-state index >= 15 is 0 Å². The van der Waals surface area contributed by atoms with E-state index in [1.165, 1.54) is 0 Å². The van der Waals surface area contributed by atoms with Crippen LogP contribution in [0.3, 0.4) is 0 Å². The van der Waals surface area contributed by atoms with Crippen molar-refractivity contribution in [2.45, 2.75) is 33.3 Å².